The highest BCUT2D eigenvalue weighted by molar-refractivity contribution is 7.88. The van der Waals surface area contributed by atoms with Gasteiger partial charge in [-0.2, -0.15) is 4.31 Å². The maximum Gasteiger partial charge on any atom is 0.305 e. The molecule has 1 aromatic rings. The molecule has 0 radical (unpaired) electrons. The van der Waals surface area contributed by atoms with Gasteiger partial charge in [0, 0.05) is 44.0 Å². The Kier molecular flexibility index (Phi) is 8.11. The maximum atomic E-state index is 13.2. The number of sulfonamides is 1. The number of anilines is 1. The molecule has 0 bridgehead atoms. The van der Waals surface area contributed by atoms with E-state index in [9.17, 15) is 32.0 Å². The number of fused-ring (bicyclic) bond motifs is 1. The monoisotopic (exact) mass is 512 g/mol. The predicted molar refractivity (Wildman–Crippen MR) is 124 cm³/mol. The van der Waals surface area contributed by atoms with Crippen molar-refractivity contribution < 1.29 is 37.1 Å². The molecule has 2 amide bonds. The van der Waals surface area contributed by atoms with Crippen LogP contribution in [0.1, 0.15) is 35.7 Å². The van der Waals surface area contributed by atoms with Crippen molar-refractivity contribution in [3.8, 4) is 0 Å². The third kappa shape index (κ3) is 5.96. The van der Waals surface area contributed by atoms with E-state index in [-0.39, 0.29) is 18.9 Å². The molecule has 2 aliphatic rings. The van der Waals surface area contributed by atoms with E-state index in [1.807, 2.05) is 11.0 Å². The van der Waals surface area contributed by atoms with Crippen LogP contribution >= 0.6 is 0 Å². The van der Waals surface area contributed by atoms with Gasteiger partial charge in [-0.1, -0.05) is 13.0 Å². The lowest BCUT2D eigenvalue weighted by molar-refractivity contribution is -0.140. The molecular formula is C22H29FN4O7S. The van der Waals surface area contributed by atoms with E-state index in [1.165, 1.54) is 15.5 Å². The molecule has 0 aromatic heterocycles. The van der Waals surface area contributed by atoms with Crippen LogP contribution < -0.4 is 10.2 Å². The van der Waals surface area contributed by atoms with Crippen LogP contribution in [-0.4, -0.2) is 97.5 Å². The number of aliphatic carboxylic acids is 1. The Labute approximate surface area is 202 Å². The Balaban J connectivity index is 1.73. The van der Waals surface area contributed by atoms with Crippen molar-refractivity contribution in [2.45, 2.75) is 38.4 Å². The molecule has 3 rings (SSSR count). The van der Waals surface area contributed by atoms with E-state index in [1.54, 1.807) is 19.1 Å². The number of hydrogen-bond acceptors (Lipinski definition) is 7. The van der Waals surface area contributed by atoms with Crippen LogP contribution in [0.25, 0.3) is 0 Å². The number of rotatable bonds is 10. The normalized spacial score (nSPS) is 18.2. The van der Waals surface area contributed by atoms with Crippen LogP contribution in [0.4, 0.5) is 10.1 Å². The lowest BCUT2D eigenvalue weighted by Crippen LogP contribution is -2.52. The summed E-state index contributed by atoms with van der Waals surface area (Å²) in [7, 11) is -3.27. The number of Topliss-reactive ketones (excluding diaryl/α,β-unsaturated/α-hetero) is 1. The van der Waals surface area contributed by atoms with Gasteiger partial charge in [-0.25, -0.2) is 12.8 Å². The third-order valence-corrected chi connectivity index (χ3v) is 7.58. The minimum absolute atomic E-state index is 0.156. The summed E-state index contributed by atoms with van der Waals surface area (Å²) in [4.78, 5) is 52.1. The summed E-state index contributed by atoms with van der Waals surface area (Å²) in [6.45, 7) is 2.03. The van der Waals surface area contributed by atoms with Gasteiger partial charge in [0.25, 0.3) is 5.91 Å². The van der Waals surface area contributed by atoms with Gasteiger partial charge < -0.3 is 20.2 Å². The fraction of sp³-hybridized carbons (Fsp3) is 0.545. The number of benzene rings is 1. The van der Waals surface area contributed by atoms with Gasteiger partial charge in [0.05, 0.1) is 12.7 Å². The average Bonchev–Trinajstić information content (AvgIpc) is 3.13. The molecule has 1 aromatic carbocycles. The molecule has 2 aliphatic heterocycles. The fourth-order valence-electron chi connectivity index (χ4n) is 4.37. The maximum absolute atomic E-state index is 13.2. The summed E-state index contributed by atoms with van der Waals surface area (Å²) in [6, 6.07) is 2.86. The zero-order valence-electron chi connectivity index (χ0n) is 19.6. The number of piperazine rings is 1. The first-order valence-corrected chi connectivity index (χ1v) is 13.1. The number of hydrogen-bond donors (Lipinski definition) is 2. The number of carbonyl (C=O) groups excluding carboxylic acids is 3. The van der Waals surface area contributed by atoms with Crippen molar-refractivity contribution in [3.05, 3.63) is 29.3 Å². The SMILES string of the molecule is CCC(C(=O)NC(CC(=O)O)C(=O)CF)N1Cc2ccc(N3CCN(S(C)(=O)=O)CC3)cc2C1=O. The van der Waals surface area contributed by atoms with E-state index in [4.69, 9.17) is 5.11 Å². The smallest absolute Gasteiger partial charge is 0.305 e. The van der Waals surface area contributed by atoms with E-state index >= 15 is 0 Å². The summed E-state index contributed by atoms with van der Waals surface area (Å²) in [6.07, 6.45) is 0.619. The summed E-state index contributed by atoms with van der Waals surface area (Å²) in [5.74, 6) is -3.52. The first-order chi connectivity index (χ1) is 16.5. The van der Waals surface area contributed by atoms with Crippen LogP contribution in [0.15, 0.2) is 18.2 Å². The highest BCUT2D eigenvalue weighted by Crippen LogP contribution is 2.30. The highest BCUT2D eigenvalue weighted by Gasteiger charge is 2.37. The molecule has 192 valence electrons. The topological polar surface area (TPSA) is 144 Å². The average molecular weight is 513 g/mol. The summed E-state index contributed by atoms with van der Waals surface area (Å²) >= 11 is 0. The number of carbonyl (C=O) groups is 4. The molecule has 1 saturated heterocycles. The first kappa shape index (κ1) is 26.5. The van der Waals surface area contributed by atoms with Gasteiger partial charge in [0.2, 0.25) is 15.9 Å². The molecule has 35 heavy (non-hydrogen) atoms. The van der Waals surface area contributed by atoms with Crippen LogP contribution in [-0.2, 0) is 31.0 Å². The zero-order valence-corrected chi connectivity index (χ0v) is 20.4. The zero-order chi connectivity index (χ0) is 25.9. The first-order valence-electron chi connectivity index (χ1n) is 11.2. The molecule has 1 fully saturated rings. The number of carboxylic acids is 1. The Hall–Kier alpha value is -3.06. The number of amides is 2. The van der Waals surface area contributed by atoms with E-state index < -0.39 is 52.9 Å². The molecule has 2 N–H and O–H groups in total. The Bertz CT molecular complexity index is 1120. The second kappa shape index (κ2) is 10.7. The van der Waals surface area contributed by atoms with Crippen molar-refractivity contribution in [1.82, 2.24) is 14.5 Å². The van der Waals surface area contributed by atoms with Crippen molar-refractivity contribution in [3.63, 3.8) is 0 Å². The van der Waals surface area contributed by atoms with Crippen molar-refractivity contribution in [2.24, 2.45) is 0 Å². The molecular weight excluding hydrogens is 483 g/mol. The molecule has 13 heteroatoms. The van der Waals surface area contributed by atoms with Gasteiger partial charge in [-0.3, -0.25) is 19.2 Å². The molecule has 2 heterocycles. The lowest BCUT2D eigenvalue weighted by atomic mass is 10.1. The highest BCUT2D eigenvalue weighted by atomic mass is 32.2. The Morgan fingerprint density at radius 1 is 1.17 bits per heavy atom. The van der Waals surface area contributed by atoms with Gasteiger partial charge in [0.15, 0.2) is 5.78 Å². The molecule has 0 saturated carbocycles. The lowest BCUT2D eigenvalue weighted by Gasteiger charge is -2.34. The summed E-state index contributed by atoms with van der Waals surface area (Å²) in [5.41, 5.74) is 1.89. The largest absolute Gasteiger partial charge is 0.481 e. The predicted octanol–water partition coefficient (Wildman–Crippen LogP) is 0.000700. The standard InChI is InChI=1S/C22H29FN4O7S/c1-3-18(21(31)24-17(11-20(29)30)19(28)12-23)27-13-14-4-5-15(10-16(14)22(27)32)25-6-8-26(9-7-25)35(2,33)34/h4-5,10,17-18H,3,6-9,11-13H2,1-2H3,(H,24,31)(H,29,30). The Morgan fingerprint density at radius 3 is 2.37 bits per heavy atom. The second-order valence-electron chi connectivity index (χ2n) is 8.61. The Morgan fingerprint density at radius 2 is 1.83 bits per heavy atom. The molecule has 2 unspecified atom stereocenters. The van der Waals surface area contributed by atoms with Crippen LogP contribution in [0.2, 0.25) is 0 Å². The molecule has 2 atom stereocenters. The van der Waals surface area contributed by atoms with E-state index in [0.717, 1.165) is 5.69 Å². The van der Waals surface area contributed by atoms with Gasteiger partial charge in [-0.05, 0) is 24.1 Å². The van der Waals surface area contributed by atoms with E-state index in [0.29, 0.717) is 37.3 Å². The van der Waals surface area contributed by atoms with Crippen molar-refractivity contribution >= 4 is 39.3 Å². The van der Waals surface area contributed by atoms with Crippen LogP contribution in [0, 0.1) is 0 Å². The van der Waals surface area contributed by atoms with E-state index in [2.05, 4.69) is 5.32 Å². The number of nitrogens with zero attached hydrogens (tertiary/aromatic N) is 3. The number of alkyl halides is 1. The van der Waals surface area contributed by atoms with Crippen molar-refractivity contribution in [2.75, 3.05) is 44.0 Å². The van der Waals surface area contributed by atoms with Gasteiger partial charge in [0.1, 0.15) is 18.8 Å². The second-order valence-corrected chi connectivity index (χ2v) is 10.6. The minimum Gasteiger partial charge on any atom is -0.481 e. The van der Waals surface area contributed by atoms with Crippen molar-refractivity contribution in [1.29, 1.82) is 0 Å². The summed E-state index contributed by atoms with van der Waals surface area (Å²) < 4.78 is 37.7. The van der Waals surface area contributed by atoms with Gasteiger partial charge >= 0.3 is 5.97 Å². The van der Waals surface area contributed by atoms with Crippen LogP contribution in [0.3, 0.4) is 0 Å². The minimum atomic E-state index is -3.27. The summed E-state index contributed by atoms with van der Waals surface area (Å²) in [5, 5.41) is 11.3. The molecule has 0 spiro atoms. The molecule has 0 aliphatic carbocycles. The number of halogens is 1. The fourth-order valence-corrected chi connectivity index (χ4v) is 5.19. The number of carboxylic acid groups (broad SMARTS) is 1. The number of nitrogens with one attached hydrogen (secondary N) is 1. The van der Waals surface area contributed by atoms with Gasteiger partial charge in [-0.15, -0.1) is 0 Å². The third-order valence-electron chi connectivity index (χ3n) is 6.28. The number of ketones is 1. The molecule has 11 nitrogen and oxygen atoms in total. The quantitative estimate of drug-likeness (QED) is 0.446. The van der Waals surface area contributed by atoms with Crippen LogP contribution in [0.5, 0.6) is 0 Å².